The molecule has 2 aromatic heterocycles. The van der Waals surface area contributed by atoms with Gasteiger partial charge in [0.1, 0.15) is 11.9 Å². The molecule has 5 amide bonds. The fraction of sp³-hybridized carbons (Fsp3) is 0.409. The van der Waals surface area contributed by atoms with Crippen molar-refractivity contribution in [2.45, 2.75) is 64.1 Å². The van der Waals surface area contributed by atoms with E-state index in [1.54, 1.807) is 22.9 Å². The van der Waals surface area contributed by atoms with E-state index in [-0.39, 0.29) is 36.4 Å². The number of benzene rings is 2. The highest BCUT2D eigenvalue weighted by molar-refractivity contribution is 6.34. The molecule has 2 aromatic carbocycles. The summed E-state index contributed by atoms with van der Waals surface area (Å²) in [7, 11) is 1.84. The number of hydrogen-bond acceptors (Lipinski definition) is 10. The first-order valence-corrected chi connectivity index (χ1v) is 21.3. The largest absolute Gasteiger partial charge is 0.385 e. The van der Waals surface area contributed by atoms with Crippen LogP contribution in [0.5, 0.6) is 0 Å². The van der Waals surface area contributed by atoms with Gasteiger partial charge < -0.3 is 20.9 Å². The van der Waals surface area contributed by atoms with Crippen LogP contribution in [0.2, 0.25) is 5.02 Å². The van der Waals surface area contributed by atoms with Gasteiger partial charge in [-0.3, -0.25) is 39.9 Å². The molecule has 1 spiro atoms. The van der Waals surface area contributed by atoms with Gasteiger partial charge in [-0.2, -0.15) is 0 Å². The lowest BCUT2D eigenvalue weighted by molar-refractivity contribution is -0.120. The number of imidazole rings is 1. The number of carbonyl (C=O) groups is 4. The van der Waals surface area contributed by atoms with Crippen molar-refractivity contribution in [3.05, 3.63) is 100 Å². The molecule has 5 N–H and O–H groups in total. The highest BCUT2D eigenvalue weighted by atomic mass is 35.5. The average molecular weight is 832 g/mol. The van der Waals surface area contributed by atoms with Crippen LogP contribution >= 0.6 is 11.6 Å². The van der Waals surface area contributed by atoms with Crippen molar-refractivity contribution < 1.29 is 19.2 Å². The Morgan fingerprint density at radius 2 is 1.73 bits per heavy atom. The molecule has 16 heteroatoms. The molecule has 312 valence electrons. The molecule has 0 bridgehead atoms. The molecule has 6 aliphatic rings. The van der Waals surface area contributed by atoms with Gasteiger partial charge in [0, 0.05) is 75.7 Å². The summed E-state index contributed by atoms with van der Waals surface area (Å²) >= 11 is 6.43. The molecule has 7 heterocycles. The predicted molar refractivity (Wildman–Crippen MR) is 230 cm³/mol. The van der Waals surface area contributed by atoms with Crippen LogP contribution in [0.4, 0.5) is 16.2 Å². The maximum atomic E-state index is 13.6. The van der Waals surface area contributed by atoms with Crippen molar-refractivity contribution in [2.75, 3.05) is 61.5 Å². The normalized spacial score (nSPS) is 20.4. The molecule has 1 atom stereocenters. The highest BCUT2D eigenvalue weighted by Crippen LogP contribution is 2.42. The molecular formula is C44H50ClN11O4. The third-order valence-electron chi connectivity index (χ3n) is 12.5. The number of urea groups is 1. The topological polar surface area (TPSA) is 174 Å². The summed E-state index contributed by atoms with van der Waals surface area (Å²) in [4.78, 5) is 67.3. The molecule has 1 saturated carbocycles. The summed E-state index contributed by atoms with van der Waals surface area (Å²) in [6.45, 7) is 5.14. The van der Waals surface area contributed by atoms with E-state index in [0.717, 1.165) is 74.5 Å². The smallest absolute Gasteiger partial charge is 0.328 e. The molecule has 10 rings (SSSR count). The van der Waals surface area contributed by atoms with Crippen LogP contribution in [0.15, 0.2) is 67.0 Å². The average Bonchev–Trinajstić information content (AvgIpc) is 3.84. The van der Waals surface area contributed by atoms with Crippen molar-refractivity contribution in [3.8, 4) is 11.3 Å². The van der Waals surface area contributed by atoms with Crippen molar-refractivity contribution >= 4 is 52.4 Å². The minimum Gasteiger partial charge on any atom is -0.385 e. The number of halogens is 1. The molecule has 1 unspecified atom stereocenters. The number of primary amides is 1. The molecule has 5 aliphatic heterocycles. The SMILES string of the molecule is C1CC1.CNC1=CC(N2CCc3c(-c4ccc(CN5CCC6(CCN(C(=O)c7ccc(Cl)c(N8CCC(=O)NC8=O)c7)CC6)C5)cn4)cccc32)Nn2c(C(N)=O)cnc21. The second-order valence-electron chi connectivity index (χ2n) is 16.6. The molecule has 60 heavy (non-hydrogen) atoms. The molecule has 1 aliphatic carbocycles. The number of imide groups is 1. The van der Waals surface area contributed by atoms with Crippen LogP contribution in [0.1, 0.15) is 82.7 Å². The summed E-state index contributed by atoms with van der Waals surface area (Å²) in [6, 6.07) is 15.1. The Morgan fingerprint density at radius 1 is 0.933 bits per heavy atom. The number of carbonyl (C=O) groups excluding carboxylic acids is 4. The Hall–Kier alpha value is -5.93. The van der Waals surface area contributed by atoms with Crippen LogP contribution in [0.25, 0.3) is 17.0 Å². The zero-order valence-corrected chi connectivity index (χ0v) is 34.5. The van der Waals surface area contributed by atoms with Crippen LogP contribution in [-0.2, 0) is 17.8 Å². The second-order valence-corrected chi connectivity index (χ2v) is 17.0. The van der Waals surface area contributed by atoms with Crippen molar-refractivity contribution in [1.29, 1.82) is 0 Å². The molecule has 4 aromatic rings. The summed E-state index contributed by atoms with van der Waals surface area (Å²) < 4.78 is 1.66. The van der Waals surface area contributed by atoms with Crippen molar-refractivity contribution in [1.82, 2.24) is 35.1 Å². The molecule has 0 radical (unpaired) electrons. The lowest BCUT2D eigenvalue weighted by Gasteiger charge is -2.39. The first kappa shape index (κ1) is 39.5. The second kappa shape index (κ2) is 16.3. The number of fused-ring (bicyclic) bond motifs is 2. The van der Waals surface area contributed by atoms with E-state index in [1.807, 2.05) is 18.1 Å². The number of likely N-dealkylation sites (tertiary alicyclic amines) is 2. The van der Waals surface area contributed by atoms with Gasteiger partial charge in [-0.05, 0) is 85.2 Å². The van der Waals surface area contributed by atoms with E-state index in [1.165, 1.54) is 41.5 Å². The number of piperidine rings is 1. The van der Waals surface area contributed by atoms with Gasteiger partial charge in [-0.1, -0.05) is 49.1 Å². The number of hydrogen-bond donors (Lipinski definition) is 4. The Labute approximate surface area is 353 Å². The van der Waals surface area contributed by atoms with Crippen LogP contribution in [-0.4, -0.2) is 101 Å². The van der Waals surface area contributed by atoms with E-state index in [2.05, 4.69) is 67.3 Å². The maximum absolute atomic E-state index is 13.6. The van der Waals surface area contributed by atoms with E-state index < -0.39 is 11.9 Å². The van der Waals surface area contributed by atoms with E-state index in [0.29, 0.717) is 40.9 Å². The monoisotopic (exact) mass is 831 g/mol. The minimum atomic E-state index is -0.547. The first-order chi connectivity index (χ1) is 29.1. The third-order valence-corrected chi connectivity index (χ3v) is 12.9. The maximum Gasteiger partial charge on any atom is 0.328 e. The summed E-state index contributed by atoms with van der Waals surface area (Å²) in [5.41, 5.74) is 16.8. The van der Waals surface area contributed by atoms with Crippen molar-refractivity contribution in [2.24, 2.45) is 11.1 Å². The van der Waals surface area contributed by atoms with Crippen LogP contribution < -0.4 is 31.6 Å². The van der Waals surface area contributed by atoms with Gasteiger partial charge in [-0.25, -0.2) is 14.5 Å². The molecule has 3 saturated heterocycles. The van der Waals surface area contributed by atoms with Crippen molar-refractivity contribution in [3.63, 3.8) is 0 Å². The van der Waals surface area contributed by atoms with Gasteiger partial charge in [0.15, 0.2) is 5.82 Å². The standard InChI is InChI=1S/C41H44ClN11O4.C3H6/c1-44-31-20-35(48-53-34(37(43)55)22-46-38(31)53)51-14-9-28-27(3-2-4-32(28)51)30-8-5-25(21-45-30)23-49-16-11-41(24-49)12-17-50(18-13-41)39(56)26-6-7-29(42)33(19-26)52-15-10-36(54)47-40(52)57;1-2-3-1/h2-8,19-22,35,44,48H,9-18,23-24H2,1H3,(H2,43,55)(H,47,54,57);1-3H2. The number of nitrogens with zero attached hydrogens (tertiary/aromatic N) is 7. The van der Waals surface area contributed by atoms with Crippen LogP contribution in [0.3, 0.4) is 0 Å². The Bertz CT molecular complexity index is 2370. The van der Waals surface area contributed by atoms with E-state index >= 15 is 0 Å². The fourth-order valence-corrected chi connectivity index (χ4v) is 9.33. The van der Waals surface area contributed by atoms with Gasteiger partial charge in [0.05, 0.1) is 28.3 Å². The number of amides is 5. The van der Waals surface area contributed by atoms with Gasteiger partial charge in [0.25, 0.3) is 11.8 Å². The summed E-state index contributed by atoms with van der Waals surface area (Å²) in [5.74, 6) is -0.337. The lowest BCUT2D eigenvalue weighted by Crippen LogP contribution is -2.49. The highest BCUT2D eigenvalue weighted by Gasteiger charge is 2.42. The number of anilines is 2. The number of aromatic nitrogens is 3. The predicted octanol–water partition coefficient (Wildman–Crippen LogP) is 4.95. The summed E-state index contributed by atoms with van der Waals surface area (Å²) in [5, 5.41) is 5.88. The lowest BCUT2D eigenvalue weighted by atomic mass is 9.77. The third kappa shape index (κ3) is 7.79. The number of nitrogens with one attached hydrogen (secondary N) is 3. The van der Waals surface area contributed by atoms with Gasteiger partial charge in [-0.15, -0.1) is 0 Å². The zero-order valence-electron chi connectivity index (χ0n) is 33.8. The fourth-order valence-electron chi connectivity index (χ4n) is 9.11. The zero-order chi connectivity index (χ0) is 41.5. The molecule has 4 fully saturated rings. The quantitative estimate of drug-likeness (QED) is 0.190. The number of nitrogens with two attached hydrogens (primary N) is 1. The van der Waals surface area contributed by atoms with Crippen LogP contribution in [0, 0.1) is 5.41 Å². The Kier molecular flexibility index (Phi) is 10.7. The number of pyridine rings is 1. The van der Waals surface area contributed by atoms with E-state index in [9.17, 15) is 19.2 Å². The summed E-state index contributed by atoms with van der Waals surface area (Å²) in [6.07, 6.45) is 13.8. The number of rotatable bonds is 8. The Balaban J connectivity index is 0.00000148. The Morgan fingerprint density at radius 3 is 2.45 bits per heavy atom. The molecular weight excluding hydrogens is 782 g/mol. The molecule has 15 nitrogen and oxygen atoms in total. The van der Waals surface area contributed by atoms with Gasteiger partial charge in [0.2, 0.25) is 5.91 Å². The minimum absolute atomic E-state index is 0.0775. The first-order valence-electron chi connectivity index (χ1n) is 20.9. The van der Waals surface area contributed by atoms with Gasteiger partial charge >= 0.3 is 6.03 Å². The van der Waals surface area contributed by atoms with E-state index in [4.69, 9.17) is 22.3 Å².